The second kappa shape index (κ2) is 7.14. The van der Waals surface area contributed by atoms with E-state index in [-0.39, 0.29) is 23.9 Å². The molecule has 0 bridgehead atoms. The molecule has 5 heteroatoms. The zero-order valence-corrected chi connectivity index (χ0v) is 11.5. The lowest BCUT2D eigenvalue weighted by Crippen LogP contribution is -2.44. The van der Waals surface area contributed by atoms with Crippen molar-refractivity contribution < 1.29 is 15.0 Å². The average Bonchev–Trinajstić information content (AvgIpc) is 2.41. The van der Waals surface area contributed by atoms with Crippen molar-refractivity contribution in [2.45, 2.75) is 44.2 Å². The van der Waals surface area contributed by atoms with E-state index in [1.54, 1.807) is 18.2 Å². The molecule has 0 aliphatic heterocycles. The van der Waals surface area contributed by atoms with Gasteiger partial charge in [0, 0.05) is 12.6 Å². The minimum absolute atomic E-state index is 0.161. The van der Waals surface area contributed by atoms with Gasteiger partial charge in [-0.1, -0.05) is 12.1 Å². The van der Waals surface area contributed by atoms with Gasteiger partial charge in [0.1, 0.15) is 5.75 Å². The van der Waals surface area contributed by atoms with Crippen molar-refractivity contribution in [1.82, 2.24) is 10.6 Å². The first-order valence-electron chi connectivity index (χ1n) is 7.14. The van der Waals surface area contributed by atoms with E-state index < -0.39 is 0 Å². The summed E-state index contributed by atoms with van der Waals surface area (Å²) in [5.74, 6) is 0.243. The molecule has 4 N–H and O–H groups in total. The van der Waals surface area contributed by atoms with Crippen LogP contribution in [0.3, 0.4) is 0 Å². The SMILES string of the molecule is O=C(NCCc1cccc(O)c1)NC1CCC(O)CC1. The Balaban J connectivity index is 1.65. The summed E-state index contributed by atoms with van der Waals surface area (Å²) in [6.07, 6.45) is 3.66. The monoisotopic (exact) mass is 278 g/mol. The van der Waals surface area contributed by atoms with Crippen LogP contribution in [0.1, 0.15) is 31.2 Å². The Labute approximate surface area is 119 Å². The second-order valence-electron chi connectivity index (χ2n) is 5.33. The van der Waals surface area contributed by atoms with E-state index in [0.29, 0.717) is 13.0 Å². The number of carbonyl (C=O) groups excluding carboxylic acids is 1. The lowest BCUT2D eigenvalue weighted by atomic mass is 9.93. The highest BCUT2D eigenvalue weighted by atomic mass is 16.3. The molecule has 0 aromatic heterocycles. The Morgan fingerprint density at radius 3 is 2.70 bits per heavy atom. The van der Waals surface area contributed by atoms with Crippen molar-refractivity contribution in [2.24, 2.45) is 0 Å². The smallest absolute Gasteiger partial charge is 0.315 e. The molecule has 1 aliphatic rings. The molecule has 1 saturated carbocycles. The molecule has 1 fully saturated rings. The summed E-state index contributed by atoms with van der Waals surface area (Å²) in [7, 11) is 0. The van der Waals surface area contributed by atoms with Crippen LogP contribution in [-0.2, 0) is 6.42 Å². The Morgan fingerprint density at radius 1 is 1.25 bits per heavy atom. The molecule has 0 radical (unpaired) electrons. The van der Waals surface area contributed by atoms with E-state index in [2.05, 4.69) is 10.6 Å². The predicted octanol–water partition coefficient (Wildman–Crippen LogP) is 1.54. The summed E-state index contributed by atoms with van der Waals surface area (Å²) in [5.41, 5.74) is 0.992. The third-order valence-corrected chi connectivity index (χ3v) is 3.64. The molecule has 1 aromatic rings. The fraction of sp³-hybridized carbons (Fsp3) is 0.533. The number of carbonyl (C=O) groups is 1. The highest BCUT2D eigenvalue weighted by Crippen LogP contribution is 2.18. The molecule has 1 aliphatic carbocycles. The van der Waals surface area contributed by atoms with Crippen molar-refractivity contribution >= 4 is 6.03 Å². The molecular formula is C15H22N2O3. The number of urea groups is 1. The molecule has 1 aromatic carbocycles. The normalized spacial score (nSPS) is 22.2. The Hall–Kier alpha value is -1.75. The number of benzene rings is 1. The topological polar surface area (TPSA) is 81.6 Å². The summed E-state index contributed by atoms with van der Waals surface area (Å²) in [4.78, 5) is 11.7. The third kappa shape index (κ3) is 4.74. The maximum Gasteiger partial charge on any atom is 0.315 e. The van der Waals surface area contributed by atoms with Gasteiger partial charge in [-0.2, -0.15) is 0 Å². The zero-order chi connectivity index (χ0) is 14.4. The fourth-order valence-corrected chi connectivity index (χ4v) is 2.49. The lowest BCUT2D eigenvalue weighted by Gasteiger charge is -2.26. The summed E-state index contributed by atoms with van der Waals surface area (Å²) < 4.78 is 0. The van der Waals surface area contributed by atoms with Gasteiger partial charge in [0.25, 0.3) is 0 Å². The molecule has 2 amide bonds. The number of aromatic hydroxyl groups is 1. The highest BCUT2D eigenvalue weighted by molar-refractivity contribution is 5.74. The second-order valence-corrected chi connectivity index (χ2v) is 5.33. The maximum absolute atomic E-state index is 11.7. The van der Waals surface area contributed by atoms with Gasteiger partial charge in [0.2, 0.25) is 0 Å². The number of aliphatic hydroxyl groups is 1. The zero-order valence-electron chi connectivity index (χ0n) is 11.5. The molecule has 110 valence electrons. The van der Waals surface area contributed by atoms with Crippen LogP contribution in [0.5, 0.6) is 5.75 Å². The van der Waals surface area contributed by atoms with Gasteiger partial charge in [-0.15, -0.1) is 0 Å². The first-order valence-corrected chi connectivity index (χ1v) is 7.14. The molecule has 0 spiro atoms. The van der Waals surface area contributed by atoms with Crippen molar-refractivity contribution in [3.05, 3.63) is 29.8 Å². The van der Waals surface area contributed by atoms with E-state index in [1.165, 1.54) is 0 Å². The minimum atomic E-state index is -0.207. The van der Waals surface area contributed by atoms with Crippen LogP contribution in [0.4, 0.5) is 4.79 Å². The molecule has 0 unspecified atom stereocenters. The molecular weight excluding hydrogens is 256 g/mol. The predicted molar refractivity (Wildman–Crippen MR) is 76.6 cm³/mol. The van der Waals surface area contributed by atoms with Crippen LogP contribution in [-0.4, -0.2) is 34.9 Å². The largest absolute Gasteiger partial charge is 0.508 e. The van der Waals surface area contributed by atoms with Crippen LogP contribution in [0.25, 0.3) is 0 Å². The van der Waals surface area contributed by atoms with Crippen LogP contribution in [0.15, 0.2) is 24.3 Å². The first-order chi connectivity index (χ1) is 9.63. The molecule has 5 nitrogen and oxygen atoms in total. The van der Waals surface area contributed by atoms with Gasteiger partial charge in [-0.05, 0) is 49.8 Å². The van der Waals surface area contributed by atoms with Crippen LogP contribution in [0.2, 0.25) is 0 Å². The van der Waals surface area contributed by atoms with Gasteiger partial charge in [-0.25, -0.2) is 4.79 Å². The molecule has 2 rings (SSSR count). The minimum Gasteiger partial charge on any atom is -0.508 e. The van der Waals surface area contributed by atoms with Gasteiger partial charge >= 0.3 is 6.03 Å². The summed E-state index contributed by atoms with van der Waals surface area (Å²) >= 11 is 0. The van der Waals surface area contributed by atoms with Gasteiger partial charge in [0.15, 0.2) is 0 Å². The number of rotatable bonds is 4. The standard InChI is InChI=1S/C15H22N2O3/c18-13-6-4-12(5-7-13)17-15(20)16-9-8-11-2-1-3-14(19)10-11/h1-3,10,12-13,18-19H,4-9H2,(H2,16,17,20). The highest BCUT2D eigenvalue weighted by Gasteiger charge is 2.20. The van der Waals surface area contributed by atoms with Crippen molar-refractivity contribution in [3.63, 3.8) is 0 Å². The quantitative estimate of drug-likeness (QED) is 0.674. The van der Waals surface area contributed by atoms with E-state index in [1.807, 2.05) is 6.07 Å². The average molecular weight is 278 g/mol. The van der Waals surface area contributed by atoms with E-state index in [0.717, 1.165) is 31.2 Å². The Morgan fingerprint density at radius 2 is 2.00 bits per heavy atom. The Kier molecular flexibility index (Phi) is 5.24. The van der Waals surface area contributed by atoms with Gasteiger partial charge in [0.05, 0.1) is 6.10 Å². The number of hydrogen-bond acceptors (Lipinski definition) is 3. The lowest BCUT2D eigenvalue weighted by molar-refractivity contribution is 0.117. The van der Waals surface area contributed by atoms with Crippen LogP contribution < -0.4 is 10.6 Å². The number of amides is 2. The molecule has 0 atom stereocenters. The first kappa shape index (κ1) is 14.7. The van der Waals surface area contributed by atoms with Crippen molar-refractivity contribution in [3.8, 4) is 5.75 Å². The number of aliphatic hydroxyl groups excluding tert-OH is 1. The van der Waals surface area contributed by atoms with Gasteiger partial charge in [-0.3, -0.25) is 0 Å². The van der Waals surface area contributed by atoms with Crippen LogP contribution >= 0.6 is 0 Å². The molecule has 0 saturated heterocycles. The Bertz CT molecular complexity index is 442. The van der Waals surface area contributed by atoms with E-state index in [9.17, 15) is 15.0 Å². The maximum atomic E-state index is 11.7. The van der Waals surface area contributed by atoms with E-state index >= 15 is 0 Å². The number of phenols is 1. The van der Waals surface area contributed by atoms with Gasteiger partial charge < -0.3 is 20.8 Å². The molecule has 20 heavy (non-hydrogen) atoms. The van der Waals surface area contributed by atoms with Crippen molar-refractivity contribution in [1.29, 1.82) is 0 Å². The number of phenolic OH excluding ortho intramolecular Hbond substituents is 1. The van der Waals surface area contributed by atoms with Crippen molar-refractivity contribution in [2.75, 3.05) is 6.54 Å². The number of hydrogen-bond donors (Lipinski definition) is 4. The summed E-state index contributed by atoms with van der Waals surface area (Å²) in [5, 5.41) is 24.5. The van der Waals surface area contributed by atoms with E-state index in [4.69, 9.17) is 0 Å². The van der Waals surface area contributed by atoms with Crippen LogP contribution in [0, 0.1) is 0 Å². The number of nitrogens with one attached hydrogen (secondary N) is 2. The summed E-state index contributed by atoms with van der Waals surface area (Å²) in [6, 6.07) is 7.04. The third-order valence-electron chi connectivity index (χ3n) is 3.64. The molecule has 0 heterocycles. The fourth-order valence-electron chi connectivity index (χ4n) is 2.49. The summed E-state index contributed by atoms with van der Waals surface area (Å²) in [6.45, 7) is 0.532.